The molecule has 4 rings (SSSR count). The van der Waals surface area contributed by atoms with Crippen molar-refractivity contribution in [2.45, 2.75) is 38.4 Å². The number of rotatable bonds is 6. The third kappa shape index (κ3) is 4.36. The standard InChI is InChI=1S/C21H20ClF2N5O2/c1-12(17-9-28(11-26-17)15-5-3-14(22)4-6-15)7-19-25-8-16(24)20(27-19)29-18(13(2)23)10-31-21(29)30/h3-6,8-9,11-13,18H,7,10H2,1-2H3/t12-,13-,18-/m1/s1. The van der Waals surface area contributed by atoms with Crippen LogP contribution in [0.3, 0.4) is 0 Å². The molecule has 0 bridgehead atoms. The Balaban J connectivity index is 1.54. The molecule has 0 radical (unpaired) electrons. The van der Waals surface area contributed by atoms with Crippen LogP contribution in [0.2, 0.25) is 5.02 Å². The van der Waals surface area contributed by atoms with Gasteiger partial charge in [-0.05, 0) is 31.2 Å². The SMILES string of the molecule is C[C@H](Cc1ncc(F)c(N2C(=O)OC[C@@H]2[C@@H](C)F)n1)c1cn(-c2ccc(Cl)cc2)cn1. The Labute approximate surface area is 182 Å². The molecule has 0 unspecified atom stereocenters. The molecular weight excluding hydrogens is 428 g/mol. The van der Waals surface area contributed by atoms with Gasteiger partial charge in [0.05, 0.1) is 18.2 Å². The van der Waals surface area contributed by atoms with Gasteiger partial charge in [0, 0.05) is 29.2 Å². The average Bonchev–Trinajstić information content (AvgIpc) is 3.37. The number of hydrogen-bond donors (Lipinski definition) is 0. The van der Waals surface area contributed by atoms with Gasteiger partial charge in [-0.15, -0.1) is 0 Å². The highest BCUT2D eigenvalue weighted by Crippen LogP contribution is 2.27. The first-order valence-electron chi connectivity index (χ1n) is 9.74. The van der Waals surface area contributed by atoms with Gasteiger partial charge in [-0.25, -0.2) is 33.4 Å². The second-order valence-electron chi connectivity index (χ2n) is 7.44. The molecule has 3 atom stereocenters. The van der Waals surface area contributed by atoms with Crippen molar-refractivity contribution in [1.29, 1.82) is 0 Å². The third-order valence-electron chi connectivity index (χ3n) is 5.16. The Morgan fingerprint density at radius 3 is 2.71 bits per heavy atom. The van der Waals surface area contributed by atoms with Gasteiger partial charge in [0.15, 0.2) is 11.6 Å². The third-order valence-corrected chi connectivity index (χ3v) is 5.41. The maximum Gasteiger partial charge on any atom is 0.416 e. The van der Waals surface area contributed by atoms with E-state index >= 15 is 0 Å². The van der Waals surface area contributed by atoms with E-state index in [0.717, 1.165) is 22.5 Å². The molecule has 0 aliphatic carbocycles. The average molecular weight is 448 g/mol. The number of alkyl halides is 1. The Morgan fingerprint density at radius 1 is 1.26 bits per heavy atom. The van der Waals surface area contributed by atoms with E-state index < -0.39 is 24.1 Å². The highest BCUT2D eigenvalue weighted by Gasteiger charge is 2.40. The molecule has 3 aromatic rings. The number of benzene rings is 1. The minimum Gasteiger partial charge on any atom is -0.447 e. The van der Waals surface area contributed by atoms with Gasteiger partial charge in [-0.1, -0.05) is 18.5 Å². The van der Waals surface area contributed by atoms with Gasteiger partial charge in [-0.2, -0.15) is 0 Å². The van der Waals surface area contributed by atoms with Gasteiger partial charge in [0.1, 0.15) is 24.6 Å². The topological polar surface area (TPSA) is 73.1 Å². The lowest BCUT2D eigenvalue weighted by atomic mass is 10.0. The van der Waals surface area contributed by atoms with E-state index in [2.05, 4.69) is 15.0 Å². The number of halogens is 3. The molecule has 162 valence electrons. The van der Waals surface area contributed by atoms with Gasteiger partial charge >= 0.3 is 6.09 Å². The second kappa shape index (κ2) is 8.58. The van der Waals surface area contributed by atoms with Crippen LogP contribution in [-0.4, -0.2) is 44.4 Å². The summed E-state index contributed by atoms with van der Waals surface area (Å²) in [7, 11) is 0. The summed E-state index contributed by atoms with van der Waals surface area (Å²) in [4.78, 5) is 25.6. The van der Waals surface area contributed by atoms with Gasteiger partial charge in [-0.3, -0.25) is 0 Å². The number of carbonyl (C=O) groups excluding carboxylic acids is 1. The maximum atomic E-state index is 14.4. The van der Waals surface area contributed by atoms with E-state index in [1.165, 1.54) is 6.92 Å². The molecule has 7 nitrogen and oxygen atoms in total. The summed E-state index contributed by atoms with van der Waals surface area (Å²) in [5.41, 5.74) is 1.70. The lowest BCUT2D eigenvalue weighted by Crippen LogP contribution is -2.40. The second-order valence-corrected chi connectivity index (χ2v) is 7.87. The van der Waals surface area contributed by atoms with Crippen molar-refractivity contribution in [2.75, 3.05) is 11.5 Å². The lowest BCUT2D eigenvalue weighted by Gasteiger charge is -2.22. The molecule has 2 aromatic heterocycles. The first kappa shape index (κ1) is 21.2. The number of anilines is 1. The maximum absolute atomic E-state index is 14.4. The molecule has 10 heteroatoms. The highest BCUT2D eigenvalue weighted by atomic mass is 35.5. The van der Waals surface area contributed by atoms with E-state index in [1.807, 2.05) is 29.8 Å². The number of cyclic esters (lactones) is 1. The fourth-order valence-electron chi connectivity index (χ4n) is 3.40. The number of nitrogens with zero attached hydrogens (tertiary/aromatic N) is 5. The minimum atomic E-state index is -1.40. The largest absolute Gasteiger partial charge is 0.447 e. The van der Waals surface area contributed by atoms with Gasteiger partial charge < -0.3 is 9.30 Å². The summed E-state index contributed by atoms with van der Waals surface area (Å²) in [6.07, 6.45) is 2.69. The molecule has 1 aliphatic heterocycles. The quantitative estimate of drug-likeness (QED) is 0.557. The zero-order valence-electron chi connectivity index (χ0n) is 16.9. The molecule has 3 heterocycles. The summed E-state index contributed by atoms with van der Waals surface area (Å²) < 4.78 is 35.0. The van der Waals surface area contributed by atoms with Crippen LogP contribution in [0.4, 0.5) is 19.4 Å². The Hall–Kier alpha value is -3.07. The molecule has 1 fully saturated rings. The predicted molar refractivity (Wildman–Crippen MR) is 111 cm³/mol. The Kier molecular flexibility index (Phi) is 5.86. The zero-order valence-corrected chi connectivity index (χ0v) is 17.6. The van der Waals surface area contributed by atoms with Crippen LogP contribution in [0.15, 0.2) is 43.0 Å². The molecule has 1 aliphatic rings. The highest BCUT2D eigenvalue weighted by molar-refractivity contribution is 6.30. The van der Waals surface area contributed by atoms with Crippen LogP contribution in [0, 0.1) is 5.82 Å². The lowest BCUT2D eigenvalue weighted by molar-refractivity contribution is 0.174. The number of aromatic nitrogens is 4. The van der Waals surface area contributed by atoms with Crippen molar-refractivity contribution in [3.63, 3.8) is 0 Å². The molecule has 1 aromatic carbocycles. The number of hydrogen-bond acceptors (Lipinski definition) is 5. The number of amides is 1. The fraction of sp³-hybridized carbons (Fsp3) is 0.333. The normalized spacial score (nSPS) is 18.2. The van der Waals surface area contributed by atoms with E-state index in [0.29, 0.717) is 17.3 Å². The van der Waals surface area contributed by atoms with Crippen molar-refractivity contribution in [3.8, 4) is 5.69 Å². The van der Waals surface area contributed by atoms with Crippen LogP contribution in [-0.2, 0) is 11.2 Å². The molecule has 0 N–H and O–H groups in total. The van der Waals surface area contributed by atoms with Crippen molar-refractivity contribution in [3.05, 3.63) is 65.3 Å². The summed E-state index contributed by atoms with van der Waals surface area (Å²) in [5, 5.41) is 0.646. The summed E-state index contributed by atoms with van der Waals surface area (Å²) >= 11 is 5.93. The Bertz CT molecular complexity index is 1090. The van der Waals surface area contributed by atoms with Gasteiger partial charge in [0.25, 0.3) is 0 Å². The fourth-order valence-corrected chi connectivity index (χ4v) is 3.53. The van der Waals surface area contributed by atoms with Crippen LogP contribution < -0.4 is 4.90 Å². The van der Waals surface area contributed by atoms with Crippen molar-refractivity contribution >= 4 is 23.5 Å². The zero-order chi connectivity index (χ0) is 22.1. The number of carbonyl (C=O) groups is 1. The van der Waals surface area contributed by atoms with Crippen LogP contribution >= 0.6 is 11.6 Å². The van der Waals surface area contributed by atoms with E-state index in [-0.39, 0.29) is 18.3 Å². The summed E-state index contributed by atoms with van der Waals surface area (Å²) in [6, 6.07) is 6.42. The molecule has 31 heavy (non-hydrogen) atoms. The monoisotopic (exact) mass is 447 g/mol. The molecular formula is C21H20ClF2N5O2. The molecule has 1 amide bonds. The van der Waals surface area contributed by atoms with Crippen LogP contribution in [0.25, 0.3) is 5.69 Å². The first-order valence-corrected chi connectivity index (χ1v) is 10.1. The molecule has 0 saturated carbocycles. The van der Waals surface area contributed by atoms with Crippen molar-refractivity contribution in [1.82, 2.24) is 19.5 Å². The number of imidazole rings is 1. The summed E-state index contributed by atoms with van der Waals surface area (Å²) in [6.45, 7) is 3.07. The van der Waals surface area contributed by atoms with E-state index in [1.54, 1.807) is 18.5 Å². The molecule has 0 spiro atoms. The van der Waals surface area contributed by atoms with E-state index in [9.17, 15) is 13.6 Å². The summed E-state index contributed by atoms with van der Waals surface area (Å²) in [5.74, 6) is -0.864. The van der Waals surface area contributed by atoms with Crippen LogP contribution in [0.5, 0.6) is 0 Å². The van der Waals surface area contributed by atoms with Crippen LogP contribution in [0.1, 0.15) is 31.3 Å². The number of ether oxygens (including phenoxy) is 1. The Morgan fingerprint density at radius 2 is 2.00 bits per heavy atom. The molecule has 1 saturated heterocycles. The van der Waals surface area contributed by atoms with E-state index in [4.69, 9.17) is 16.3 Å². The minimum absolute atomic E-state index is 0.0895. The van der Waals surface area contributed by atoms with Crippen molar-refractivity contribution < 1.29 is 18.3 Å². The predicted octanol–water partition coefficient (Wildman–Crippen LogP) is 4.48. The van der Waals surface area contributed by atoms with Gasteiger partial charge in [0.2, 0.25) is 0 Å². The first-order chi connectivity index (χ1) is 14.8. The van der Waals surface area contributed by atoms with Crippen molar-refractivity contribution in [2.24, 2.45) is 0 Å². The smallest absolute Gasteiger partial charge is 0.416 e.